The Morgan fingerprint density at radius 2 is 1.83 bits per heavy atom. The number of benzene rings is 1. The highest BCUT2D eigenvalue weighted by Gasteiger charge is 2.21. The van der Waals surface area contributed by atoms with Crippen LogP contribution in [0.2, 0.25) is 5.02 Å². The van der Waals surface area contributed by atoms with Gasteiger partial charge in [0.15, 0.2) is 0 Å². The first kappa shape index (κ1) is 17.7. The fourth-order valence-corrected chi connectivity index (χ4v) is 3.01. The first-order valence-corrected chi connectivity index (χ1v) is 8.28. The summed E-state index contributed by atoms with van der Waals surface area (Å²) >= 11 is 5.82. The van der Waals surface area contributed by atoms with Crippen LogP contribution in [0.25, 0.3) is 0 Å². The molecule has 0 spiro atoms. The van der Waals surface area contributed by atoms with Crippen molar-refractivity contribution in [2.24, 2.45) is 0 Å². The van der Waals surface area contributed by atoms with E-state index in [4.69, 9.17) is 16.3 Å². The number of anilines is 2. The summed E-state index contributed by atoms with van der Waals surface area (Å²) in [4.78, 5) is 23.2. The Hall–Kier alpha value is -2.66. The largest absolute Gasteiger partial charge is 0.467 e. The number of aromatic nitrogens is 3. The van der Waals surface area contributed by atoms with E-state index in [0.29, 0.717) is 0 Å². The number of hydrogen-bond donors (Lipinski definition) is 3. The van der Waals surface area contributed by atoms with Crippen LogP contribution in [0.5, 0.6) is 6.01 Å². The number of sulfonamides is 1. The van der Waals surface area contributed by atoms with Crippen LogP contribution >= 0.6 is 11.6 Å². The fourth-order valence-electron chi connectivity index (χ4n) is 1.58. The Balaban J connectivity index is 2.18. The minimum absolute atomic E-state index is 0.0166. The number of halogens is 1. The molecule has 0 bridgehead atoms. The molecule has 0 saturated carbocycles. The lowest BCUT2D eigenvalue weighted by Crippen LogP contribution is -2.35. The SMILES string of the molecule is CNc1nc(NC(=O)NS(=O)(=O)c2ccccc2Cl)nc(OC)n1. The molecule has 3 N–H and O–H groups in total. The number of nitrogens with one attached hydrogen (secondary N) is 3. The molecular weight excluding hydrogens is 360 g/mol. The van der Waals surface area contributed by atoms with Crippen molar-refractivity contribution in [1.29, 1.82) is 0 Å². The number of rotatable bonds is 5. The first-order chi connectivity index (χ1) is 11.4. The standard InChI is InChI=1S/C12H13ClN6O4S/c1-14-9-15-10(18-12(17-9)23-2)16-11(20)19-24(21,22)8-6-4-3-5-7(8)13/h3-6H,1-2H3,(H3,14,15,16,17,18,19,20). The van der Waals surface area contributed by atoms with Crippen LogP contribution in [0.15, 0.2) is 29.2 Å². The predicted octanol–water partition coefficient (Wildman–Crippen LogP) is 1.09. The Kier molecular flexibility index (Phi) is 5.36. The quantitative estimate of drug-likeness (QED) is 0.709. The Morgan fingerprint density at radius 3 is 2.46 bits per heavy atom. The number of ether oxygens (including phenoxy) is 1. The van der Waals surface area contributed by atoms with Crippen molar-refractivity contribution in [1.82, 2.24) is 19.7 Å². The third kappa shape index (κ3) is 4.20. The van der Waals surface area contributed by atoms with Gasteiger partial charge in [0.1, 0.15) is 4.90 Å². The highest BCUT2D eigenvalue weighted by molar-refractivity contribution is 7.90. The lowest BCUT2D eigenvalue weighted by molar-refractivity contribution is 0.256. The molecule has 0 aliphatic heterocycles. The van der Waals surface area contributed by atoms with Crippen molar-refractivity contribution in [3.05, 3.63) is 29.3 Å². The third-order valence-corrected chi connectivity index (χ3v) is 4.43. The van der Waals surface area contributed by atoms with E-state index in [2.05, 4.69) is 25.6 Å². The summed E-state index contributed by atoms with van der Waals surface area (Å²) in [5, 5.41) is 4.81. The van der Waals surface area contributed by atoms with Crippen molar-refractivity contribution in [2.45, 2.75) is 4.90 Å². The van der Waals surface area contributed by atoms with E-state index < -0.39 is 16.1 Å². The number of carbonyl (C=O) groups excluding carboxylic acids is 1. The van der Waals surface area contributed by atoms with Crippen LogP contribution in [0.4, 0.5) is 16.7 Å². The molecule has 0 fully saturated rings. The molecule has 1 aromatic heterocycles. The topological polar surface area (TPSA) is 135 Å². The molecule has 0 atom stereocenters. The Labute approximate surface area is 142 Å². The molecule has 24 heavy (non-hydrogen) atoms. The second-order valence-corrected chi connectivity index (χ2v) is 6.27. The second-order valence-electron chi connectivity index (χ2n) is 4.21. The molecule has 0 saturated heterocycles. The minimum atomic E-state index is -4.15. The number of urea groups is 1. The van der Waals surface area contributed by atoms with Gasteiger partial charge in [-0.3, -0.25) is 5.32 Å². The van der Waals surface area contributed by atoms with Crippen LogP contribution in [-0.4, -0.2) is 43.6 Å². The monoisotopic (exact) mass is 372 g/mol. The predicted molar refractivity (Wildman–Crippen MR) is 86.7 cm³/mol. The molecule has 128 valence electrons. The molecule has 12 heteroatoms. The summed E-state index contributed by atoms with van der Waals surface area (Å²) in [5.41, 5.74) is 0. The second kappa shape index (κ2) is 7.27. The number of nitrogens with zero attached hydrogens (tertiary/aromatic N) is 3. The average molecular weight is 373 g/mol. The zero-order valence-electron chi connectivity index (χ0n) is 12.6. The van der Waals surface area contributed by atoms with E-state index in [1.807, 2.05) is 4.72 Å². The number of hydrogen-bond acceptors (Lipinski definition) is 8. The van der Waals surface area contributed by atoms with Crippen molar-refractivity contribution < 1.29 is 17.9 Å². The van der Waals surface area contributed by atoms with Gasteiger partial charge in [-0.25, -0.2) is 17.9 Å². The van der Waals surface area contributed by atoms with Gasteiger partial charge in [0.2, 0.25) is 11.9 Å². The summed E-state index contributed by atoms with van der Waals surface area (Å²) < 4.78 is 31.0. The summed E-state index contributed by atoms with van der Waals surface area (Å²) in [6.07, 6.45) is 0. The van der Waals surface area contributed by atoms with Gasteiger partial charge in [0.25, 0.3) is 10.0 Å². The van der Waals surface area contributed by atoms with Crippen LogP contribution in [0.3, 0.4) is 0 Å². The van der Waals surface area contributed by atoms with Crippen LogP contribution in [0, 0.1) is 0 Å². The van der Waals surface area contributed by atoms with Gasteiger partial charge in [-0.1, -0.05) is 23.7 Å². The summed E-state index contributed by atoms with van der Waals surface area (Å²) in [6, 6.07) is 4.59. The fraction of sp³-hybridized carbons (Fsp3) is 0.167. The maximum atomic E-state index is 12.2. The average Bonchev–Trinajstić information content (AvgIpc) is 2.53. The molecule has 0 unspecified atom stereocenters. The summed E-state index contributed by atoms with van der Waals surface area (Å²) in [6.45, 7) is 0. The Bertz CT molecular complexity index is 838. The lowest BCUT2D eigenvalue weighted by Gasteiger charge is -2.09. The molecule has 1 aromatic carbocycles. The van der Waals surface area contributed by atoms with Crippen molar-refractivity contribution in [2.75, 3.05) is 24.8 Å². The molecular formula is C12H13ClN6O4S. The van der Waals surface area contributed by atoms with Gasteiger partial charge in [0.05, 0.1) is 12.1 Å². The zero-order valence-corrected chi connectivity index (χ0v) is 14.1. The van der Waals surface area contributed by atoms with E-state index in [1.165, 1.54) is 25.3 Å². The maximum absolute atomic E-state index is 12.2. The van der Waals surface area contributed by atoms with Gasteiger partial charge in [-0.15, -0.1) is 0 Å². The molecule has 10 nitrogen and oxygen atoms in total. The Morgan fingerprint density at radius 1 is 1.17 bits per heavy atom. The van der Waals surface area contributed by atoms with Gasteiger partial charge in [-0.05, 0) is 12.1 Å². The molecule has 0 radical (unpaired) electrons. The van der Waals surface area contributed by atoms with E-state index in [-0.39, 0.29) is 27.8 Å². The van der Waals surface area contributed by atoms with Crippen LogP contribution in [0.1, 0.15) is 0 Å². The van der Waals surface area contributed by atoms with E-state index in [9.17, 15) is 13.2 Å². The zero-order chi connectivity index (χ0) is 17.7. The molecule has 2 aromatic rings. The van der Waals surface area contributed by atoms with E-state index in [0.717, 1.165) is 0 Å². The summed E-state index contributed by atoms with van der Waals surface area (Å²) in [7, 11) is -1.26. The minimum Gasteiger partial charge on any atom is -0.467 e. The van der Waals surface area contributed by atoms with Crippen LogP contribution < -0.4 is 20.1 Å². The molecule has 0 aliphatic rings. The van der Waals surface area contributed by atoms with Gasteiger partial charge in [-0.2, -0.15) is 15.0 Å². The van der Waals surface area contributed by atoms with E-state index >= 15 is 0 Å². The maximum Gasteiger partial charge on any atom is 0.335 e. The van der Waals surface area contributed by atoms with Gasteiger partial charge < -0.3 is 10.1 Å². The summed E-state index contributed by atoms with van der Waals surface area (Å²) in [5.74, 6) is -0.0656. The highest BCUT2D eigenvalue weighted by Crippen LogP contribution is 2.20. The normalized spacial score (nSPS) is 10.8. The van der Waals surface area contributed by atoms with E-state index in [1.54, 1.807) is 13.1 Å². The number of carbonyl (C=O) groups is 1. The third-order valence-electron chi connectivity index (χ3n) is 2.60. The van der Waals surface area contributed by atoms with Crippen molar-refractivity contribution in [3.8, 4) is 6.01 Å². The molecule has 0 aliphatic carbocycles. The van der Waals surface area contributed by atoms with Gasteiger partial charge in [0, 0.05) is 7.05 Å². The number of amides is 2. The first-order valence-electron chi connectivity index (χ1n) is 6.42. The smallest absolute Gasteiger partial charge is 0.335 e. The highest BCUT2D eigenvalue weighted by atomic mass is 35.5. The van der Waals surface area contributed by atoms with Gasteiger partial charge >= 0.3 is 12.0 Å². The lowest BCUT2D eigenvalue weighted by atomic mass is 10.4. The van der Waals surface area contributed by atoms with Crippen molar-refractivity contribution >= 4 is 39.6 Å². The molecule has 2 rings (SSSR count). The molecule has 2 amide bonds. The van der Waals surface area contributed by atoms with Crippen LogP contribution in [-0.2, 0) is 10.0 Å². The molecule has 1 heterocycles. The van der Waals surface area contributed by atoms with Crippen molar-refractivity contribution in [3.63, 3.8) is 0 Å². The number of methoxy groups -OCH3 is 1.